The lowest BCUT2D eigenvalue weighted by Crippen LogP contribution is -2.32. The van der Waals surface area contributed by atoms with Crippen LogP contribution < -0.4 is 0 Å². The number of fused-ring (bicyclic) bond motifs is 1. The number of aromatic nitrogens is 3. The maximum atomic E-state index is 12.9. The van der Waals surface area contributed by atoms with E-state index in [0.717, 1.165) is 11.3 Å². The minimum atomic E-state index is -1.07. The largest absolute Gasteiger partial charge is 0.480 e. The van der Waals surface area contributed by atoms with Crippen molar-refractivity contribution in [3.8, 4) is 11.3 Å². The number of aliphatic carboxylic acids is 1. The number of carbonyl (C=O) groups excluding carboxylic acids is 1. The lowest BCUT2D eigenvalue weighted by molar-refractivity contribution is -0.137. The van der Waals surface area contributed by atoms with Gasteiger partial charge in [-0.05, 0) is 39.8 Å². The van der Waals surface area contributed by atoms with E-state index in [-0.39, 0.29) is 12.6 Å². The Hall–Kier alpha value is -3.16. The summed E-state index contributed by atoms with van der Waals surface area (Å²) in [6, 6.07) is 3.60. The number of nitrogens with zero attached hydrogens (tertiary/aromatic N) is 4. The van der Waals surface area contributed by atoms with Crippen LogP contribution in [0.4, 0.5) is 0 Å². The lowest BCUT2D eigenvalue weighted by atomic mass is 10.1. The molecule has 3 aromatic heterocycles. The number of amides is 1. The zero-order chi connectivity index (χ0) is 19.9. The highest BCUT2D eigenvalue weighted by molar-refractivity contribution is 6.07. The van der Waals surface area contributed by atoms with Crippen LogP contribution in [0.1, 0.15) is 41.8 Å². The van der Waals surface area contributed by atoms with Gasteiger partial charge < -0.3 is 14.4 Å². The van der Waals surface area contributed by atoms with E-state index < -0.39 is 11.9 Å². The average Bonchev–Trinajstić information content (AvgIpc) is 3.15. The molecule has 142 valence electrons. The first-order chi connectivity index (χ1) is 12.7. The molecule has 0 atom stereocenters. The van der Waals surface area contributed by atoms with Gasteiger partial charge >= 0.3 is 5.97 Å². The van der Waals surface area contributed by atoms with Crippen molar-refractivity contribution in [3.05, 3.63) is 35.4 Å². The van der Waals surface area contributed by atoms with Gasteiger partial charge in [0, 0.05) is 18.7 Å². The van der Waals surface area contributed by atoms with Gasteiger partial charge in [0.25, 0.3) is 5.91 Å². The Morgan fingerprint density at radius 1 is 1.30 bits per heavy atom. The molecule has 0 aliphatic rings. The van der Waals surface area contributed by atoms with Crippen molar-refractivity contribution in [2.24, 2.45) is 0 Å². The van der Waals surface area contributed by atoms with Crippen LogP contribution in [0, 0.1) is 13.8 Å². The number of rotatable bonds is 5. The van der Waals surface area contributed by atoms with E-state index in [1.165, 1.54) is 11.9 Å². The first-order valence-corrected chi connectivity index (χ1v) is 8.62. The third-order valence-electron chi connectivity index (χ3n) is 4.32. The highest BCUT2D eigenvalue weighted by atomic mass is 16.4. The average molecular weight is 370 g/mol. The summed E-state index contributed by atoms with van der Waals surface area (Å²) in [4.78, 5) is 29.8. The Labute approximate surface area is 156 Å². The zero-order valence-electron chi connectivity index (χ0n) is 16.0. The number of hydrogen-bond acceptors (Lipinski definition) is 5. The van der Waals surface area contributed by atoms with Gasteiger partial charge in [-0.15, -0.1) is 0 Å². The second-order valence-corrected chi connectivity index (χ2v) is 6.86. The predicted octanol–water partition coefficient (Wildman–Crippen LogP) is 3.05. The molecule has 0 aliphatic carbocycles. The van der Waals surface area contributed by atoms with Gasteiger partial charge in [-0.1, -0.05) is 0 Å². The van der Waals surface area contributed by atoms with Crippen LogP contribution in [0.3, 0.4) is 0 Å². The van der Waals surface area contributed by atoms with Crippen LogP contribution >= 0.6 is 0 Å². The van der Waals surface area contributed by atoms with Gasteiger partial charge in [0.15, 0.2) is 5.65 Å². The molecule has 0 bridgehead atoms. The number of carboxylic acids is 1. The molecule has 0 spiro atoms. The minimum Gasteiger partial charge on any atom is -0.480 e. The second-order valence-electron chi connectivity index (χ2n) is 6.86. The quantitative estimate of drug-likeness (QED) is 0.741. The maximum Gasteiger partial charge on any atom is 0.323 e. The molecule has 27 heavy (non-hydrogen) atoms. The zero-order valence-corrected chi connectivity index (χ0v) is 16.0. The number of hydrogen-bond donors (Lipinski definition) is 1. The van der Waals surface area contributed by atoms with E-state index in [1.807, 2.05) is 33.8 Å². The molecule has 1 amide bonds. The Bertz CT molecular complexity index is 1030. The second kappa shape index (κ2) is 6.86. The summed E-state index contributed by atoms with van der Waals surface area (Å²) in [5, 5.41) is 14.0. The number of aryl methyl sites for hydroxylation is 2. The molecule has 0 aromatic carbocycles. The molecule has 8 nitrogen and oxygen atoms in total. The summed E-state index contributed by atoms with van der Waals surface area (Å²) in [7, 11) is 1.46. The molecule has 1 N–H and O–H groups in total. The topological polar surface area (TPSA) is 101 Å². The van der Waals surface area contributed by atoms with Gasteiger partial charge in [-0.3, -0.25) is 9.59 Å². The molecular formula is C19H22N4O4. The molecule has 8 heteroatoms. The number of carbonyl (C=O) groups is 2. The number of pyridine rings is 1. The third kappa shape index (κ3) is 3.42. The molecule has 0 radical (unpaired) electrons. The summed E-state index contributed by atoms with van der Waals surface area (Å²) in [5.41, 5.74) is 2.32. The van der Waals surface area contributed by atoms with E-state index in [1.54, 1.807) is 16.9 Å². The SMILES string of the molecule is Cc1cc(-c2cc(C(=O)N(C)CC(=O)O)c3cnn(C(C)C)c3n2)c(C)o1. The normalized spacial score (nSPS) is 11.3. The van der Waals surface area contributed by atoms with Crippen LogP contribution in [0.2, 0.25) is 0 Å². The van der Waals surface area contributed by atoms with Crippen molar-refractivity contribution in [2.45, 2.75) is 33.7 Å². The first-order valence-electron chi connectivity index (χ1n) is 8.62. The standard InChI is InChI=1S/C19H22N4O4/c1-10(2)23-18-15(8-20-23)14(19(26)22(5)9-17(24)25)7-16(21-18)13-6-11(3)27-12(13)4/h6-8,10H,9H2,1-5H3,(H,24,25). The molecule has 3 rings (SSSR count). The first kappa shape index (κ1) is 18.6. The van der Waals surface area contributed by atoms with Crippen LogP contribution in [0.5, 0.6) is 0 Å². The number of likely N-dealkylation sites (N-methyl/N-ethyl adjacent to an activating group) is 1. The Morgan fingerprint density at radius 3 is 2.56 bits per heavy atom. The fraction of sp³-hybridized carbons (Fsp3) is 0.368. The summed E-state index contributed by atoms with van der Waals surface area (Å²) >= 11 is 0. The van der Waals surface area contributed by atoms with Gasteiger partial charge in [0.05, 0.1) is 22.8 Å². The summed E-state index contributed by atoms with van der Waals surface area (Å²) in [6.45, 7) is 7.25. The molecule has 3 aromatic rings. The van der Waals surface area contributed by atoms with Crippen molar-refractivity contribution in [2.75, 3.05) is 13.6 Å². The molecular weight excluding hydrogens is 348 g/mol. The monoisotopic (exact) mass is 370 g/mol. The van der Waals surface area contributed by atoms with E-state index in [0.29, 0.717) is 28.1 Å². The van der Waals surface area contributed by atoms with Gasteiger partial charge in [-0.2, -0.15) is 5.10 Å². The van der Waals surface area contributed by atoms with Crippen molar-refractivity contribution in [3.63, 3.8) is 0 Å². The molecule has 3 heterocycles. The Balaban J connectivity index is 2.23. The highest BCUT2D eigenvalue weighted by Crippen LogP contribution is 2.30. The maximum absolute atomic E-state index is 12.9. The molecule has 0 unspecified atom stereocenters. The number of furan rings is 1. The van der Waals surface area contributed by atoms with Crippen LogP contribution in [-0.2, 0) is 4.79 Å². The smallest absolute Gasteiger partial charge is 0.323 e. The van der Waals surface area contributed by atoms with Gasteiger partial charge in [-0.25, -0.2) is 9.67 Å². The van der Waals surface area contributed by atoms with E-state index in [9.17, 15) is 9.59 Å². The Morgan fingerprint density at radius 2 is 2.00 bits per heavy atom. The molecule has 0 saturated heterocycles. The van der Waals surface area contributed by atoms with Crippen LogP contribution in [0.25, 0.3) is 22.3 Å². The van der Waals surface area contributed by atoms with Crippen LogP contribution in [-0.4, -0.2) is 50.2 Å². The van der Waals surface area contributed by atoms with Crippen molar-refractivity contribution < 1.29 is 19.1 Å². The lowest BCUT2D eigenvalue weighted by Gasteiger charge is -2.16. The predicted molar refractivity (Wildman–Crippen MR) is 99.7 cm³/mol. The van der Waals surface area contributed by atoms with Crippen molar-refractivity contribution in [1.29, 1.82) is 0 Å². The van der Waals surface area contributed by atoms with Gasteiger partial charge in [0.2, 0.25) is 0 Å². The molecule has 0 aliphatic heterocycles. The fourth-order valence-corrected chi connectivity index (χ4v) is 3.08. The molecule has 0 saturated carbocycles. The molecule has 0 fully saturated rings. The van der Waals surface area contributed by atoms with E-state index in [2.05, 4.69) is 5.10 Å². The Kier molecular flexibility index (Phi) is 4.73. The van der Waals surface area contributed by atoms with E-state index in [4.69, 9.17) is 14.5 Å². The number of carboxylic acid groups (broad SMARTS) is 1. The highest BCUT2D eigenvalue weighted by Gasteiger charge is 2.23. The van der Waals surface area contributed by atoms with Crippen LogP contribution in [0.15, 0.2) is 22.7 Å². The summed E-state index contributed by atoms with van der Waals surface area (Å²) in [6.07, 6.45) is 1.60. The van der Waals surface area contributed by atoms with E-state index >= 15 is 0 Å². The van der Waals surface area contributed by atoms with Crippen molar-refractivity contribution in [1.82, 2.24) is 19.7 Å². The summed E-state index contributed by atoms with van der Waals surface area (Å²) in [5.74, 6) is -0.0207. The minimum absolute atomic E-state index is 0.0529. The van der Waals surface area contributed by atoms with Gasteiger partial charge in [0.1, 0.15) is 18.1 Å². The summed E-state index contributed by atoms with van der Waals surface area (Å²) < 4.78 is 7.35. The third-order valence-corrected chi connectivity index (χ3v) is 4.32. The van der Waals surface area contributed by atoms with Crippen molar-refractivity contribution >= 4 is 22.9 Å². The fourth-order valence-electron chi connectivity index (χ4n) is 3.08.